The zero-order valence-electron chi connectivity index (χ0n) is 18.2. The maximum absolute atomic E-state index is 15.0. The number of thiocarbonyl (C=S) groups is 1. The molecule has 0 aromatic heterocycles. The second-order valence-electron chi connectivity index (χ2n) is 7.34. The molecule has 0 spiro atoms. The molecule has 0 aliphatic carbocycles. The lowest BCUT2D eigenvalue weighted by molar-refractivity contribution is -0.477. The molecular weight excluding hydrogens is 676 g/mol. The minimum absolute atomic E-state index is 0.147. The highest BCUT2D eigenvalue weighted by molar-refractivity contribution is 7.80. The van der Waals surface area contributed by atoms with Crippen LogP contribution in [0.25, 0.3) is 0 Å². The lowest BCUT2D eigenvalue weighted by Crippen LogP contribution is -2.79. The first-order chi connectivity index (χ1) is 17.4. The van der Waals surface area contributed by atoms with Crippen molar-refractivity contribution in [2.24, 2.45) is 0 Å². The van der Waals surface area contributed by atoms with E-state index in [-0.39, 0.29) is 6.92 Å². The van der Waals surface area contributed by atoms with Crippen molar-refractivity contribution in [2.75, 3.05) is 0 Å². The number of alkyl halides is 21. The van der Waals surface area contributed by atoms with E-state index in [0.29, 0.717) is 0 Å². The maximum atomic E-state index is 15.0. The van der Waals surface area contributed by atoms with Gasteiger partial charge in [0.25, 0.3) is 0 Å². The average Bonchev–Trinajstić information content (AvgIpc) is 2.74. The Bertz CT molecular complexity index is 1040. The number of rotatable bonds is 10. The third-order valence-electron chi connectivity index (χ3n) is 4.38. The van der Waals surface area contributed by atoms with E-state index >= 15 is 0 Å². The van der Waals surface area contributed by atoms with Crippen LogP contribution in [0, 0.1) is 0 Å². The zero-order chi connectivity index (χ0) is 34.0. The number of carbonyl (C=O) groups is 1. The van der Waals surface area contributed by atoms with Gasteiger partial charge in [0.1, 0.15) is 0 Å². The number of hydrogen-bond acceptors (Lipinski definition) is 3. The molecule has 41 heavy (non-hydrogen) atoms. The normalized spacial score (nSPS) is 16.7. The Balaban J connectivity index is 7.81. The van der Waals surface area contributed by atoms with Gasteiger partial charge in [-0.3, -0.25) is 0 Å². The highest BCUT2D eigenvalue weighted by Gasteiger charge is 2.97. The molecule has 0 rings (SSSR count). The van der Waals surface area contributed by atoms with Gasteiger partial charge in [-0.05, 0) is 6.92 Å². The summed E-state index contributed by atoms with van der Waals surface area (Å²) in [6.45, 7) is 2.48. The minimum atomic E-state index is -9.29. The van der Waals surface area contributed by atoms with Crippen LogP contribution in [-0.4, -0.2) is 75.9 Å². The molecule has 0 aliphatic rings. The number of nitrogens with zero attached hydrogens (tertiary/aromatic N) is 1. The van der Waals surface area contributed by atoms with Gasteiger partial charge in [0.05, 0.1) is 0 Å². The van der Waals surface area contributed by atoms with Crippen molar-refractivity contribution in [3.8, 4) is 0 Å². The van der Waals surface area contributed by atoms with E-state index in [1.54, 1.807) is 0 Å². The Labute approximate surface area is 214 Å². The molecule has 0 saturated heterocycles. The molecule has 0 saturated carbocycles. The summed E-state index contributed by atoms with van der Waals surface area (Å²) in [6, 6.07) is 0. The molecule has 0 amide bonds. The second-order valence-corrected chi connectivity index (χ2v) is 7.72. The lowest BCUT2D eigenvalue weighted by Gasteiger charge is -2.46. The number of esters is 1. The average molecular weight is 681 g/mol. The summed E-state index contributed by atoms with van der Waals surface area (Å²) in [4.78, 5) is 6.44. The molecule has 0 aromatic rings. The van der Waals surface area contributed by atoms with Gasteiger partial charge in [0.2, 0.25) is 0 Å². The molecule has 1 atom stereocenters. The Hall–Kier alpha value is -2.44. The largest absolute Gasteiger partial charge is 0.464 e. The first-order valence-electron chi connectivity index (χ1n) is 8.75. The molecule has 0 radical (unpaired) electrons. The predicted octanol–water partition coefficient (Wildman–Crippen LogP) is 7.81. The van der Waals surface area contributed by atoms with Crippen molar-refractivity contribution in [1.29, 1.82) is 0 Å². The first kappa shape index (κ1) is 38.6. The van der Waals surface area contributed by atoms with Gasteiger partial charge in [0.15, 0.2) is 4.99 Å². The highest BCUT2D eigenvalue weighted by Crippen LogP contribution is 2.64. The molecule has 242 valence electrons. The van der Waals surface area contributed by atoms with E-state index in [0.717, 1.165) is 0 Å². The van der Waals surface area contributed by atoms with Crippen LogP contribution in [0.5, 0.6) is 0 Å². The van der Waals surface area contributed by atoms with E-state index in [4.69, 9.17) is 0 Å². The van der Waals surface area contributed by atoms with Gasteiger partial charge >= 0.3 is 65.8 Å². The molecule has 0 aromatic carbocycles. The summed E-state index contributed by atoms with van der Waals surface area (Å²) >= 11 is 2.78. The summed E-state index contributed by atoms with van der Waals surface area (Å²) in [5.74, 6) is -64.4. The van der Waals surface area contributed by atoms with E-state index in [2.05, 4.69) is 23.5 Å². The quantitative estimate of drug-likeness (QED) is 0.0588. The van der Waals surface area contributed by atoms with Crippen molar-refractivity contribution in [3.63, 3.8) is 0 Å². The molecule has 3 nitrogen and oxygen atoms in total. The summed E-state index contributed by atoms with van der Waals surface area (Å²) in [6.07, 6.45) is -23.5. The SMILES string of the molecule is C=C(C)C(=O)OC(F)(F)C(F)(N(F)C(=S)C(F)(F)C(F)(F)F)C(F)(F)C(F)(F)C(F)(F)C(F)(F)C(F)(F)C(F)(F)F. The summed E-state index contributed by atoms with van der Waals surface area (Å²) < 4.78 is 297. The monoisotopic (exact) mass is 681 g/mol. The van der Waals surface area contributed by atoms with Crippen molar-refractivity contribution < 1.29 is 106 Å². The first-order valence-corrected chi connectivity index (χ1v) is 9.16. The van der Waals surface area contributed by atoms with Crippen molar-refractivity contribution in [3.05, 3.63) is 12.2 Å². The Morgan fingerprint density at radius 2 is 0.927 bits per heavy atom. The van der Waals surface area contributed by atoms with E-state index in [9.17, 15) is 101 Å². The van der Waals surface area contributed by atoms with E-state index in [1.807, 2.05) is 0 Å². The standard InChI is InChI=1S/C15H5F22NO2S/c1-3(2)4(39)40-15(35,36)12(28,38(37)5(41)6(16,17)13(29,30)31)10(24,25)8(20,21)7(18,19)9(22,23)11(26,27)14(32,33)34/h1H2,2H3. The molecular formula is C15H5F22NO2S. The van der Waals surface area contributed by atoms with Gasteiger partial charge in [0, 0.05) is 5.57 Å². The molecule has 0 heterocycles. The molecule has 0 bridgehead atoms. The fraction of sp³-hybridized carbons (Fsp3) is 0.733. The Morgan fingerprint density at radius 1 is 0.610 bits per heavy atom. The summed E-state index contributed by atoms with van der Waals surface area (Å²) in [5, 5.41) is -4.33. The number of carbonyl (C=O) groups excluding carboxylic acids is 1. The fourth-order valence-electron chi connectivity index (χ4n) is 2.05. The third kappa shape index (κ3) is 5.31. The summed E-state index contributed by atoms with van der Waals surface area (Å²) in [5.41, 5.74) is -1.63. The molecule has 26 heteroatoms. The van der Waals surface area contributed by atoms with E-state index < -0.39 is 81.4 Å². The zero-order valence-corrected chi connectivity index (χ0v) is 19.0. The predicted molar refractivity (Wildman–Crippen MR) is 87.0 cm³/mol. The van der Waals surface area contributed by atoms with E-state index in [1.165, 1.54) is 0 Å². The Morgan fingerprint density at radius 3 is 1.22 bits per heavy atom. The molecule has 0 fully saturated rings. The topological polar surface area (TPSA) is 29.5 Å². The fourth-order valence-corrected chi connectivity index (χ4v) is 2.30. The van der Waals surface area contributed by atoms with Crippen LogP contribution < -0.4 is 0 Å². The van der Waals surface area contributed by atoms with Crippen LogP contribution >= 0.6 is 12.2 Å². The van der Waals surface area contributed by atoms with Gasteiger partial charge < -0.3 is 4.74 Å². The van der Waals surface area contributed by atoms with Gasteiger partial charge in [-0.25, -0.2) is 4.79 Å². The van der Waals surface area contributed by atoms with Crippen LogP contribution in [0.2, 0.25) is 0 Å². The third-order valence-corrected chi connectivity index (χ3v) is 4.79. The van der Waals surface area contributed by atoms with Crippen molar-refractivity contribution >= 4 is 23.2 Å². The van der Waals surface area contributed by atoms with Crippen LogP contribution in [-0.2, 0) is 9.53 Å². The van der Waals surface area contributed by atoms with Crippen molar-refractivity contribution in [1.82, 2.24) is 5.12 Å². The van der Waals surface area contributed by atoms with Gasteiger partial charge in [-0.15, -0.1) is 5.12 Å². The Kier molecular flexibility index (Phi) is 9.48. The molecule has 0 N–H and O–H groups in total. The highest BCUT2D eigenvalue weighted by atomic mass is 32.1. The molecule has 0 aliphatic heterocycles. The number of ether oxygens (including phenoxy) is 1. The van der Waals surface area contributed by atoms with Crippen LogP contribution in [0.15, 0.2) is 12.2 Å². The minimum Gasteiger partial charge on any atom is -0.393 e. The van der Waals surface area contributed by atoms with Crippen LogP contribution in [0.1, 0.15) is 6.92 Å². The van der Waals surface area contributed by atoms with Crippen molar-refractivity contribution in [2.45, 2.75) is 66.7 Å². The molecule has 1 unspecified atom stereocenters. The van der Waals surface area contributed by atoms with Gasteiger partial charge in [-0.1, -0.05) is 23.3 Å². The van der Waals surface area contributed by atoms with Gasteiger partial charge in [-0.2, -0.15) is 92.2 Å². The van der Waals surface area contributed by atoms with Crippen LogP contribution in [0.4, 0.5) is 96.7 Å². The summed E-state index contributed by atoms with van der Waals surface area (Å²) in [7, 11) is 0. The smallest absolute Gasteiger partial charge is 0.393 e. The number of hydrogen-bond donors (Lipinski definition) is 0. The maximum Gasteiger partial charge on any atom is 0.464 e. The second kappa shape index (κ2) is 10.1. The lowest BCUT2D eigenvalue weighted by atomic mass is 9.88. The number of halogens is 22. The van der Waals surface area contributed by atoms with Crippen LogP contribution in [0.3, 0.4) is 0 Å².